The largest absolute Gasteiger partial charge is 0.423 e. The zero-order valence-electron chi connectivity index (χ0n) is 17.9. The lowest BCUT2D eigenvalue weighted by molar-refractivity contribution is -0.384. The maximum absolute atomic E-state index is 12.3. The molecule has 8 nitrogen and oxygen atoms in total. The number of nitrogens with zero attached hydrogens (tertiary/aromatic N) is 2. The number of nitro groups is 1. The van der Waals surface area contributed by atoms with Gasteiger partial charge < -0.3 is 4.74 Å². The van der Waals surface area contributed by atoms with E-state index in [0.717, 1.165) is 16.3 Å². The number of benzene rings is 4. The number of rotatable bonds is 7. The quantitative estimate of drug-likeness (QED) is 0.144. The molecule has 0 bridgehead atoms. The molecule has 0 saturated carbocycles. The first-order chi connectivity index (χ1) is 16.5. The highest BCUT2D eigenvalue weighted by atomic mass is 16.6. The van der Waals surface area contributed by atoms with Crippen LogP contribution in [0.4, 0.5) is 5.69 Å². The van der Waals surface area contributed by atoms with Crippen molar-refractivity contribution < 1.29 is 19.2 Å². The zero-order chi connectivity index (χ0) is 23.9. The summed E-state index contributed by atoms with van der Waals surface area (Å²) in [4.78, 5) is 34.7. The van der Waals surface area contributed by atoms with Crippen molar-refractivity contribution in [2.24, 2.45) is 5.10 Å². The first-order valence-corrected chi connectivity index (χ1v) is 10.3. The van der Waals surface area contributed by atoms with E-state index >= 15 is 0 Å². The number of hydrazone groups is 1. The average molecular weight is 453 g/mol. The molecule has 4 rings (SSSR count). The lowest BCUT2D eigenvalue weighted by Gasteiger charge is -2.06. The van der Waals surface area contributed by atoms with Crippen LogP contribution in [0.2, 0.25) is 0 Å². The molecule has 0 aliphatic carbocycles. The van der Waals surface area contributed by atoms with Gasteiger partial charge >= 0.3 is 5.97 Å². The summed E-state index contributed by atoms with van der Waals surface area (Å²) < 4.78 is 5.28. The summed E-state index contributed by atoms with van der Waals surface area (Å²) in [6.45, 7) is 0. The number of hydrogen-bond donors (Lipinski definition) is 1. The average Bonchev–Trinajstić information content (AvgIpc) is 2.85. The van der Waals surface area contributed by atoms with E-state index < -0.39 is 10.9 Å². The van der Waals surface area contributed by atoms with Crippen molar-refractivity contribution in [2.75, 3.05) is 0 Å². The van der Waals surface area contributed by atoms with Gasteiger partial charge in [-0.05, 0) is 58.3 Å². The van der Waals surface area contributed by atoms with Crippen molar-refractivity contribution in [3.63, 3.8) is 0 Å². The van der Waals surface area contributed by atoms with Gasteiger partial charge in [0.25, 0.3) is 5.69 Å². The van der Waals surface area contributed by atoms with Gasteiger partial charge in [-0.1, -0.05) is 42.5 Å². The third-order valence-corrected chi connectivity index (χ3v) is 5.04. The molecule has 0 fully saturated rings. The second-order valence-corrected chi connectivity index (χ2v) is 7.37. The van der Waals surface area contributed by atoms with Crippen LogP contribution in [0, 0.1) is 10.1 Å². The Balaban J connectivity index is 1.31. The van der Waals surface area contributed by atoms with Crippen LogP contribution < -0.4 is 10.2 Å². The van der Waals surface area contributed by atoms with Crippen LogP contribution in [0.25, 0.3) is 10.8 Å². The molecule has 0 saturated heterocycles. The molecule has 1 amide bonds. The Bertz CT molecular complexity index is 1370. The van der Waals surface area contributed by atoms with Gasteiger partial charge in [-0.15, -0.1) is 0 Å². The van der Waals surface area contributed by atoms with E-state index in [0.29, 0.717) is 11.3 Å². The first-order valence-electron chi connectivity index (χ1n) is 10.3. The molecule has 0 radical (unpaired) electrons. The third-order valence-electron chi connectivity index (χ3n) is 5.04. The van der Waals surface area contributed by atoms with Gasteiger partial charge in [0.1, 0.15) is 5.75 Å². The molecule has 34 heavy (non-hydrogen) atoms. The van der Waals surface area contributed by atoms with Crippen LogP contribution in [-0.2, 0) is 11.2 Å². The number of hydrogen-bond acceptors (Lipinski definition) is 6. The Kier molecular flexibility index (Phi) is 6.69. The number of carbonyl (C=O) groups is 2. The Morgan fingerprint density at radius 2 is 1.62 bits per heavy atom. The molecular formula is C26H19N3O5. The summed E-state index contributed by atoms with van der Waals surface area (Å²) in [7, 11) is 0. The van der Waals surface area contributed by atoms with Crippen molar-refractivity contribution in [1.29, 1.82) is 0 Å². The normalized spacial score (nSPS) is 10.8. The minimum absolute atomic E-state index is 0.107. The highest BCUT2D eigenvalue weighted by molar-refractivity contribution is 5.92. The second kappa shape index (κ2) is 10.2. The minimum atomic E-state index is -0.628. The van der Waals surface area contributed by atoms with Crippen LogP contribution in [-0.4, -0.2) is 23.0 Å². The van der Waals surface area contributed by atoms with E-state index in [9.17, 15) is 19.7 Å². The van der Waals surface area contributed by atoms with Crippen LogP contribution in [0.15, 0.2) is 96.1 Å². The van der Waals surface area contributed by atoms with Gasteiger partial charge in [0.15, 0.2) is 0 Å². The molecule has 1 N–H and O–H groups in total. The van der Waals surface area contributed by atoms with Gasteiger partial charge in [-0.25, -0.2) is 10.2 Å². The first kappa shape index (κ1) is 22.3. The number of non-ortho nitro benzene ring substituents is 1. The lowest BCUT2D eigenvalue weighted by Crippen LogP contribution is -2.19. The summed E-state index contributed by atoms with van der Waals surface area (Å²) >= 11 is 0. The van der Waals surface area contributed by atoms with Crippen molar-refractivity contribution in [1.82, 2.24) is 5.43 Å². The fourth-order valence-electron chi connectivity index (χ4n) is 3.35. The van der Waals surface area contributed by atoms with E-state index in [2.05, 4.69) is 10.5 Å². The van der Waals surface area contributed by atoms with Gasteiger partial charge in [0.05, 0.1) is 23.1 Å². The zero-order valence-corrected chi connectivity index (χ0v) is 17.9. The molecular weight excluding hydrogens is 434 g/mol. The van der Waals surface area contributed by atoms with Gasteiger partial charge in [-0.3, -0.25) is 14.9 Å². The molecule has 4 aromatic carbocycles. The van der Waals surface area contributed by atoms with Crippen molar-refractivity contribution in [2.45, 2.75) is 6.42 Å². The molecule has 8 heteroatoms. The van der Waals surface area contributed by atoms with Crippen molar-refractivity contribution in [3.8, 4) is 5.75 Å². The number of fused-ring (bicyclic) bond motifs is 1. The molecule has 0 aliphatic heterocycles. The number of esters is 1. The maximum Gasteiger partial charge on any atom is 0.343 e. The van der Waals surface area contributed by atoms with Crippen LogP contribution in [0.3, 0.4) is 0 Å². The Labute approximate surface area is 194 Å². The van der Waals surface area contributed by atoms with E-state index in [4.69, 9.17) is 4.74 Å². The number of nitro benzene ring substituents is 1. The van der Waals surface area contributed by atoms with Crippen molar-refractivity contribution in [3.05, 3.63) is 118 Å². The van der Waals surface area contributed by atoms with E-state index in [1.807, 2.05) is 42.5 Å². The molecule has 0 aromatic heterocycles. The number of nitrogens with one attached hydrogen (secondary N) is 1. The standard InChI is InChI=1S/C26H19N3O5/c30-25(16-21-6-3-5-19-4-1-2-7-24(19)21)28-27-17-18-8-14-23(15-9-18)34-26(31)20-10-12-22(13-11-20)29(32)33/h1-15,17H,16H2,(H,28,30). The Hall–Kier alpha value is -4.85. The highest BCUT2D eigenvalue weighted by Crippen LogP contribution is 2.19. The molecule has 168 valence electrons. The van der Waals surface area contributed by atoms with E-state index in [-0.39, 0.29) is 23.6 Å². The van der Waals surface area contributed by atoms with Gasteiger partial charge in [0, 0.05) is 12.1 Å². The summed E-state index contributed by atoms with van der Waals surface area (Å²) in [6, 6.07) is 25.4. The SMILES string of the molecule is O=C(Cc1cccc2ccccc12)NN=Cc1ccc(OC(=O)c2ccc([N+](=O)[O-])cc2)cc1. The molecule has 4 aromatic rings. The Morgan fingerprint density at radius 3 is 2.35 bits per heavy atom. The monoisotopic (exact) mass is 453 g/mol. The molecule has 0 unspecified atom stereocenters. The molecule has 0 aliphatic rings. The summed E-state index contributed by atoms with van der Waals surface area (Å²) in [6.07, 6.45) is 1.69. The van der Waals surface area contributed by atoms with Gasteiger partial charge in [-0.2, -0.15) is 5.10 Å². The highest BCUT2D eigenvalue weighted by Gasteiger charge is 2.11. The smallest absolute Gasteiger partial charge is 0.343 e. The second-order valence-electron chi connectivity index (χ2n) is 7.37. The molecule has 0 spiro atoms. The molecule has 0 heterocycles. The molecule has 0 atom stereocenters. The number of amides is 1. The topological polar surface area (TPSA) is 111 Å². The Morgan fingerprint density at radius 1 is 0.912 bits per heavy atom. The fraction of sp³-hybridized carbons (Fsp3) is 0.0385. The fourth-order valence-corrected chi connectivity index (χ4v) is 3.35. The lowest BCUT2D eigenvalue weighted by atomic mass is 10.0. The number of ether oxygens (including phenoxy) is 1. The number of carbonyl (C=O) groups excluding carboxylic acids is 2. The van der Waals surface area contributed by atoms with Crippen LogP contribution in [0.5, 0.6) is 5.75 Å². The third kappa shape index (κ3) is 5.49. The summed E-state index contributed by atoms with van der Waals surface area (Å²) in [5.74, 6) is -0.557. The van der Waals surface area contributed by atoms with Crippen molar-refractivity contribution >= 4 is 34.6 Å². The van der Waals surface area contributed by atoms with Crippen LogP contribution >= 0.6 is 0 Å². The van der Waals surface area contributed by atoms with Crippen LogP contribution in [0.1, 0.15) is 21.5 Å². The maximum atomic E-state index is 12.3. The predicted molar refractivity (Wildman–Crippen MR) is 128 cm³/mol. The van der Waals surface area contributed by atoms with E-state index in [1.54, 1.807) is 24.3 Å². The summed E-state index contributed by atoms with van der Waals surface area (Å²) in [5.41, 5.74) is 4.23. The predicted octanol–water partition coefficient (Wildman–Crippen LogP) is 4.66. The minimum Gasteiger partial charge on any atom is -0.423 e. The summed E-state index contributed by atoms with van der Waals surface area (Å²) in [5, 5.41) is 16.8. The van der Waals surface area contributed by atoms with Gasteiger partial charge in [0.2, 0.25) is 5.91 Å². The van der Waals surface area contributed by atoms with E-state index in [1.165, 1.54) is 30.5 Å².